The molecule has 1 aliphatic rings. The quantitative estimate of drug-likeness (QED) is 0.616. The Morgan fingerprint density at radius 1 is 1.27 bits per heavy atom. The minimum Gasteiger partial charge on any atom is -0.484 e. The van der Waals surface area contributed by atoms with Gasteiger partial charge in [-0.05, 0) is 63.4 Å². The highest BCUT2D eigenvalue weighted by atomic mass is 19.1. The third-order valence-corrected chi connectivity index (χ3v) is 5.17. The van der Waals surface area contributed by atoms with Crippen molar-refractivity contribution in [3.8, 4) is 5.75 Å². The molecule has 1 atom stereocenters. The zero-order valence-electron chi connectivity index (χ0n) is 17.0. The second-order valence-electron chi connectivity index (χ2n) is 7.47. The number of aryl methyl sites for hydroxylation is 2. The molecular weight excluding hydrogens is 389 g/mol. The minimum absolute atomic E-state index is 0.0141. The molecule has 3 aromatic rings. The van der Waals surface area contributed by atoms with Crippen LogP contribution in [-0.4, -0.2) is 37.3 Å². The number of rotatable bonds is 6. The molecule has 0 bridgehead atoms. The van der Waals surface area contributed by atoms with Crippen molar-refractivity contribution in [2.24, 2.45) is 0 Å². The molecule has 1 saturated heterocycles. The number of ether oxygens (including phenoxy) is 1. The van der Waals surface area contributed by atoms with E-state index in [2.05, 4.69) is 15.2 Å². The predicted octanol–water partition coefficient (Wildman–Crippen LogP) is 3.35. The van der Waals surface area contributed by atoms with Crippen molar-refractivity contribution in [3.05, 3.63) is 59.3 Å². The number of carbonyl (C=O) groups excluding carboxylic acids is 1. The summed E-state index contributed by atoms with van der Waals surface area (Å²) in [5.41, 5.74) is 1.84. The maximum atomic E-state index is 13.0. The van der Waals surface area contributed by atoms with E-state index < -0.39 is 0 Å². The van der Waals surface area contributed by atoms with E-state index in [1.807, 2.05) is 24.8 Å². The highest BCUT2D eigenvalue weighted by Gasteiger charge is 2.32. The van der Waals surface area contributed by atoms with E-state index in [-0.39, 0.29) is 30.9 Å². The van der Waals surface area contributed by atoms with Crippen LogP contribution >= 0.6 is 0 Å². The first-order valence-electron chi connectivity index (χ1n) is 10.0. The van der Waals surface area contributed by atoms with E-state index in [0.29, 0.717) is 24.0 Å². The molecule has 1 aromatic carbocycles. The Kier molecular flexibility index (Phi) is 5.78. The standard InChI is InChI=1S/C21H24FN5O3/c1-14-11-15(2)27(24-14)12-20(28)26-10-4-3-5-18(26)21-23-19(30-25-21)13-29-17-8-6-16(22)7-9-17/h6-9,11,18H,3-5,10,12-13H2,1-2H3. The third-order valence-electron chi connectivity index (χ3n) is 5.17. The molecule has 30 heavy (non-hydrogen) atoms. The van der Waals surface area contributed by atoms with Crippen molar-refractivity contribution in [2.75, 3.05) is 6.54 Å². The van der Waals surface area contributed by atoms with Gasteiger partial charge in [-0.3, -0.25) is 9.48 Å². The van der Waals surface area contributed by atoms with E-state index in [1.165, 1.54) is 24.3 Å². The maximum absolute atomic E-state index is 13.0. The average Bonchev–Trinajstić information content (AvgIpc) is 3.33. The van der Waals surface area contributed by atoms with Crippen LogP contribution in [0.1, 0.15) is 48.4 Å². The summed E-state index contributed by atoms with van der Waals surface area (Å²) in [6, 6.07) is 7.44. The van der Waals surface area contributed by atoms with E-state index in [4.69, 9.17) is 9.26 Å². The normalized spacial score (nSPS) is 16.6. The van der Waals surface area contributed by atoms with Gasteiger partial charge in [0.2, 0.25) is 5.91 Å². The Balaban J connectivity index is 1.43. The molecule has 0 N–H and O–H groups in total. The molecule has 158 valence electrons. The van der Waals surface area contributed by atoms with Crippen LogP contribution in [0, 0.1) is 19.7 Å². The highest BCUT2D eigenvalue weighted by molar-refractivity contribution is 5.76. The van der Waals surface area contributed by atoms with Crippen LogP contribution < -0.4 is 4.74 Å². The summed E-state index contributed by atoms with van der Waals surface area (Å²) in [6.45, 7) is 4.76. The summed E-state index contributed by atoms with van der Waals surface area (Å²) < 4.78 is 25.6. The molecule has 1 aliphatic heterocycles. The molecule has 0 radical (unpaired) electrons. The number of carbonyl (C=O) groups is 1. The van der Waals surface area contributed by atoms with Crippen LogP contribution in [0.4, 0.5) is 4.39 Å². The molecule has 4 rings (SSSR count). The molecule has 8 nitrogen and oxygen atoms in total. The molecule has 0 aliphatic carbocycles. The largest absolute Gasteiger partial charge is 0.484 e. The van der Waals surface area contributed by atoms with Gasteiger partial charge >= 0.3 is 0 Å². The lowest BCUT2D eigenvalue weighted by atomic mass is 10.0. The molecule has 3 heterocycles. The summed E-state index contributed by atoms with van der Waals surface area (Å²) in [6.07, 6.45) is 2.71. The third kappa shape index (κ3) is 4.50. The number of piperidine rings is 1. The Morgan fingerprint density at radius 3 is 2.80 bits per heavy atom. The van der Waals surface area contributed by atoms with Gasteiger partial charge in [0.25, 0.3) is 5.89 Å². The summed E-state index contributed by atoms with van der Waals surface area (Å²) >= 11 is 0. The smallest absolute Gasteiger partial charge is 0.264 e. The second-order valence-corrected chi connectivity index (χ2v) is 7.47. The van der Waals surface area contributed by atoms with Crippen molar-refractivity contribution in [3.63, 3.8) is 0 Å². The van der Waals surface area contributed by atoms with Crippen molar-refractivity contribution >= 4 is 5.91 Å². The van der Waals surface area contributed by atoms with Gasteiger partial charge in [-0.2, -0.15) is 10.1 Å². The Labute approximate surface area is 173 Å². The summed E-state index contributed by atoms with van der Waals surface area (Å²) in [4.78, 5) is 19.2. The molecule has 1 amide bonds. The Morgan fingerprint density at radius 2 is 2.07 bits per heavy atom. The summed E-state index contributed by atoms with van der Waals surface area (Å²) in [5.74, 6) is 0.959. The highest BCUT2D eigenvalue weighted by Crippen LogP contribution is 2.29. The molecule has 2 aromatic heterocycles. The molecule has 1 unspecified atom stereocenters. The van der Waals surface area contributed by atoms with Gasteiger partial charge in [-0.1, -0.05) is 5.16 Å². The van der Waals surface area contributed by atoms with Gasteiger partial charge in [-0.25, -0.2) is 4.39 Å². The number of amides is 1. The average molecular weight is 413 g/mol. The molecular formula is C21H24FN5O3. The molecule has 9 heteroatoms. The minimum atomic E-state index is -0.329. The van der Waals surface area contributed by atoms with Crippen LogP contribution in [0.25, 0.3) is 0 Å². The van der Waals surface area contributed by atoms with Gasteiger partial charge in [-0.15, -0.1) is 0 Å². The van der Waals surface area contributed by atoms with E-state index in [0.717, 1.165) is 30.7 Å². The second kappa shape index (κ2) is 8.64. The van der Waals surface area contributed by atoms with Crippen molar-refractivity contribution in [2.45, 2.75) is 52.3 Å². The van der Waals surface area contributed by atoms with Gasteiger partial charge in [0, 0.05) is 12.2 Å². The monoisotopic (exact) mass is 413 g/mol. The lowest BCUT2D eigenvalue weighted by molar-refractivity contribution is -0.136. The number of aromatic nitrogens is 4. The van der Waals surface area contributed by atoms with Crippen LogP contribution in [-0.2, 0) is 17.9 Å². The van der Waals surface area contributed by atoms with Gasteiger partial charge in [0.1, 0.15) is 18.1 Å². The Hall–Kier alpha value is -3.23. The van der Waals surface area contributed by atoms with Crippen LogP contribution in [0.5, 0.6) is 5.75 Å². The fraction of sp³-hybridized carbons (Fsp3) is 0.429. The summed E-state index contributed by atoms with van der Waals surface area (Å²) in [7, 11) is 0. The van der Waals surface area contributed by atoms with Crippen LogP contribution in [0.2, 0.25) is 0 Å². The van der Waals surface area contributed by atoms with Gasteiger partial charge in [0.15, 0.2) is 12.4 Å². The van der Waals surface area contributed by atoms with Crippen molar-refractivity contribution in [1.82, 2.24) is 24.8 Å². The van der Waals surface area contributed by atoms with E-state index in [1.54, 1.807) is 4.68 Å². The molecule has 0 saturated carbocycles. The van der Waals surface area contributed by atoms with Crippen molar-refractivity contribution < 1.29 is 18.4 Å². The van der Waals surface area contributed by atoms with Gasteiger partial charge < -0.3 is 14.2 Å². The number of hydrogen-bond donors (Lipinski definition) is 0. The van der Waals surface area contributed by atoms with Crippen molar-refractivity contribution in [1.29, 1.82) is 0 Å². The maximum Gasteiger partial charge on any atom is 0.264 e. The number of benzene rings is 1. The molecule has 1 fully saturated rings. The fourth-order valence-electron chi connectivity index (χ4n) is 3.69. The zero-order valence-corrected chi connectivity index (χ0v) is 17.0. The zero-order chi connectivity index (χ0) is 21.1. The Bertz CT molecular complexity index is 1010. The predicted molar refractivity (Wildman–Crippen MR) is 105 cm³/mol. The number of nitrogens with zero attached hydrogens (tertiary/aromatic N) is 5. The molecule has 0 spiro atoms. The van der Waals surface area contributed by atoms with Gasteiger partial charge in [0.05, 0.1) is 11.7 Å². The SMILES string of the molecule is Cc1cc(C)n(CC(=O)N2CCCCC2c2noc(COc3ccc(F)cc3)n2)n1. The number of halogens is 1. The first kappa shape index (κ1) is 20.1. The first-order chi connectivity index (χ1) is 14.5. The number of likely N-dealkylation sites (tertiary alicyclic amines) is 1. The fourth-order valence-corrected chi connectivity index (χ4v) is 3.69. The topological polar surface area (TPSA) is 86.3 Å². The lowest BCUT2D eigenvalue weighted by Crippen LogP contribution is -2.41. The number of hydrogen-bond acceptors (Lipinski definition) is 6. The lowest BCUT2D eigenvalue weighted by Gasteiger charge is -2.33. The first-order valence-corrected chi connectivity index (χ1v) is 10.0. The van der Waals surface area contributed by atoms with E-state index >= 15 is 0 Å². The van der Waals surface area contributed by atoms with Crippen LogP contribution in [0.15, 0.2) is 34.9 Å². The summed E-state index contributed by atoms with van der Waals surface area (Å²) in [5, 5.41) is 8.47. The van der Waals surface area contributed by atoms with Crippen LogP contribution in [0.3, 0.4) is 0 Å². The van der Waals surface area contributed by atoms with E-state index in [9.17, 15) is 9.18 Å².